The maximum atomic E-state index is 12.1. The van der Waals surface area contributed by atoms with Crippen molar-refractivity contribution >= 4 is 28.1 Å². The van der Waals surface area contributed by atoms with E-state index in [1.807, 2.05) is 16.8 Å². The van der Waals surface area contributed by atoms with Gasteiger partial charge in [-0.1, -0.05) is 12.1 Å². The van der Waals surface area contributed by atoms with Crippen LogP contribution in [0.15, 0.2) is 46.0 Å². The quantitative estimate of drug-likeness (QED) is 0.925. The Morgan fingerprint density at radius 1 is 1.29 bits per heavy atom. The third-order valence-electron chi connectivity index (χ3n) is 2.24. The molecule has 1 heterocycles. The summed E-state index contributed by atoms with van der Waals surface area (Å²) in [5.74, 6) is -0.687. The molecule has 0 saturated carbocycles. The van der Waals surface area contributed by atoms with Crippen molar-refractivity contribution in [1.29, 1.82) is 0 Å². The maximum absolute atomic E-state index is 12.1. The molecule has 5 heteroatoms. The first kappa shape index (κ1) is 12.0. The topological polar surface area (TPSA) is 54.4 Å². The summed E-state index contributed by atoms with van der Waals surface area (Å²) in [4.78, 5) is 11.4. The van der Waals surface area contributed by atoms with Crippen LogP contribution < -0.4 is 0 Å². The molecule has 0 aliphatic heterocycles. The van der Waals surface area contributed by atoms with E-state index in [2.05, 4.69) is 0 Å². The lowest BCUT2D eigenvalue weighted by Crippen LogP contribution is -2.05. The monoisotopic (exact) mass is 266 g/mol. The fraction of sp³-hybridized carbons (Fsp3) is 0.0833. The Hall–Kier alpha value is -1.46. The second kappa shape index (κ2) is 5.25. The molecule has 1 unspecified atom stereocenters. The van der Waals surface area contributed by atoms with Crippen molar-refractivity contribution in [3.05, 3.63) is 52.2 Å². The van der Waals surface area contributed by atoms with E-state index in [1.165, 1.54) is 17.4 Å². The number of carboxylic acid groups (broad SMARTS) is 1. The first-order valence-electron chi connectivity index (χ1n) is 4.90. The highest BCUT2D eigenvalue weighted by atomic mass is 32.2. The molecule has 2 rings (SSSR count). The predicted molar refractivity (Wildman–Crippen MR) is 67.8 cm³/mol. The molecule has 17 heavy (non-hydrogen) atoms. The van der Waals surface area contributed by atoms with Gasteiger partial charge in [0.25, 0.3) is 0 Å². The van der Waals surface area contributed by atoms with Crippen LogP contribution in [0.5, 0.6) is 0 Å². The van der Waals surface area contributed by atoms with E-state index in [9.17, 15) is 9.00 Å². The fourth-order valence-corrected chi connectivity index (χ4v) is 3.49. The first-order valence-corrected chi connectivity index (χ1v) is 7.16. The van der Waals surface area contributed by atoms with Crippen LogP contribution in [-0.2, 0) is 16.6 Å². The molecule has 0 radical (unpaired) electrons. The van der Waals surface area contributed by atoms with Gasteiger partial charge in [0, 0.05) is 0 Å². The molecule has 0 saturated heterocycles. The summed E-state index contributed by atoms with van der Waals surface area (Å²) >= 11 is 1.54. The molecule has 1 atom stereocenters. The number of aromatic carboxylic acids is 1. The third kappa shape index (κ3) is 2.81. The summed E-state index contributed by atoms with van der Waals surface area (Å²) < 4.78 is 12.1. The normalized spacial score (nSPS) is 12.2. The van der Waals surface area contributed by atoms with Gasteiger partial charge in [0.15, 0.2) is 0 Å². The van der Waals surface area contributed by atoms with Gasteiger partial charge in [-0.2, -0.15) is 11.3 Å². The van der Waals surface area contributed by atoms with Crippen LogP contribution in [0.4, 0.5) is 0 Å². The number of carboxylic acids is 1. The molecule has 0 aliphatic carbocycles. The highest BCUT2D eigenvalue weighted by Gasteiger charge is 2.14. The van der Waals surface area contributed by atoms with Crippen LogP contribution in [0.1, 0.15) is 15.9 Å². The van der Waals surface area contributed by atoms with Gasteiger partial charge in [0.05, 0.1) is 27.0 Å². The molecule has 3 nitrogen and oxygen atoms in total. The Bertz CT molecular complexity index is 547. The van der Waals surface area contributed by atoms with Crippen LogP contribution in [0.25, 0.3) is 0 Å². The van der Waals surface area contributed by atoms with Gasteiger partial charge >= 0.3 is 5.97 Å². The first-order chi connectivity index (χ1) is 8.18. The summed E-state index contributed by atoms with van der Waals surface area (Å²) in [6, 6.07) is 8.31. The molecule has 1 aromatic heterocycles. The predicted octanol–water partition coefficient (Wildman–Crippen LogP) is 2.75. The highest BCUT2D eigenvalue weighted by Crippen LogP contribution is 2.18. The third-order valence-corrected chi connectivity index (χ3v) is 4.41. The van der Waals surface area contributed by atoms with E-state index < -0.39 is 16.8 Å². The van der Waals surface area contributed by atoms with E-state index in [-0.39, 0.29) is 5.56 Å². The van der Waals surface area contributed by atoms with Crippen molar-refractivity contribution in [2.75, 3.05) is 0 Å². The summed E-state index contributed by atoms with van der Waals surface area (Å²) in [6.45, 7) is 0. The zero-order chi connectivity index (χ0) is 12.3. The maximum Gasteiger partial charge on any atom is 0.336 e. The number of hydrogen-bond donors (Lipinski definition) is 1. The van der Waals surface area contributed by atoms with Gasteiger partial charge in [-0.15, -0.1) is 0 Å². The van der Waals surface area contributed by atoms with E-state index in [4.69, 9.17) is 5.11 Å². The Morgan fingerprint density at radius 2 is 2.06 bits per heavy atom. The van der Waals surface area contributed by atoms with Gasteiger partial charge in [-0.25, -0.2) is 4.79 Å². The zero-order valence-corrected chi connectivity index (χ0v) is 10.5. The average molecular weight is 266 g/mol. The Balaban J connectivity index is 2.28. The van der Waals surface area contributed by atoms with Gasteiger partial charge in [0.1, 0.15) is 0 Å². The lowest BCUT2D eigenvalue weighted by Gasteiger charge is -2.04. The smallest absolute Gasteiger partial charge is 0.336 e. The number of rotatable bonds is 4. The number of carbonyl (C=O) groups is 1. The van der Waals surface area contributed by atoms with Gasteiger partial charge < -0.3 is 5.11 Å². The second-order valence-corrected chi connectivity index (χ2v) is 5.62. The van der Waals surface area contributed by atoms with E-state index in [0.29, 0.717) is 10.6 Å². The fourth-order valence-electron chi connectivity index (χ4n) is 1.45. The summed E-state index contributed by atoms with van der Waals surface area (Å²) in [5.41, 5.74) is 1.08. The molecule has 0 aliphatic rings. The van der Waals surface area contributed by atoms with Crippen molar-refractivity contribution in [3.8, 4) is 0 Å². The average Bonchev–Trinajstić information content (AvgIpc) is 2.81. The molecule has 0 spiro atoms. The van der Waals surface area contributed by atoms with Gasteiger partial charge in [0.2, 0.25) is 0 Å². The standard InChI is InChI=1S/C12H10O3S2/c13-12(14)10-3-1-2-4-11(10)17(15)8-9-5-6-16-7-9/h1-7H,8H2,(H,13,14). The van der Waals surface area contributed by atoms with Crippen LogP contribution >= 0.6 is 11.3 Å². The van der Waals surface area contributed by atoms with E-state index >= 15 is 0 Å². The van der Waals surface area contributed by atoms with Crippen LogP contribution in [-0.4, -0.2) is 15.3 Å². The molecule has 1 aromatic carbocycles. The van der Waals surface area contributed by atoms with Crippen LogP contribution in [0.2, 0.25) is 0 Å². The van der Waals surface area contributed by atoms with Gasteiger partial charge in [-0.3, -0.25) is 4.21 Å². The SMILES string of the molecule is O=C(O)c1ccccc1S(=O)Cc1ccsc1. The zero-order valence-electron chi connectivity index (χ0n) is 8.83. The summed E-state index contributed by atoms with van der Waals surface area (Å²) in [7, 11) is -1.32. The highest BCUT2D eigenvalue weighted by molar-refractivity contribution is 7.84. The van der Waals surface area contributed by atoms with Crippen molar-refractivity contribution in [2.24, 2.45) is 0 Å². The minimum absolute atomic E-state index is 0.112. The molecule has 1 N–H and O–H groups in total. The molecule has 0 amide bonds. The number of benzene rings is 1. The Labute approximate surface area is 105 Å². The van der Waals surface area contributed by atoms with Crippen LogP contribution in [0, 0.1) is 0 Å². The minimum atomic E-state index is -1.32. The second-order valence-electron chi connectivity index (χ2n) is 3.42. The molecule has 0 fully saturated rings. The van der Waals surface area contributed by atoms with Gasteiger partial charge in [-0.05, 0) is 34.5 Å². The molecule has 88 valence electrons. The molecular weight excluding hydrogens is 256 g/mol. The summed E-state index contributed by atoms with van der Waals surface area (Å²) in [6.07, 6.45) is 0. The van der Waals surface area contributed by atoms with Crippen molar-refractivity contribution in [3.63, 3.8) is 0 Å². The van der Waals surface area contributed by atoms with E-state index in [0.717, 1.165) is 5.56 Å². The van der Waals surface area contributed by atoms with Crippen molar-refractivity contribution in [2.45, 2.75) is 10.6 Å². The lowest BCUT2D eigenvalue weighted by molar-refractivity contribution is 0.0693. The molecular formula is C12H10O3S2. The van der Waals surface area contributed by atoms with Crippen molar-refractivity contribution < 1.29 is 14.1 Å². The summed E-state index contributed by atoms with van der Waals surface area (Å²) in [5, 5.41) is 12.8. The largest absolute Gasteiger partial charge is 0.478 e. The lowest BCUT2D eigenvalue weighted by atomic mass is 10.2. The Kier molecular flexibility index (Phi) is 3.71. The van der Waals surface area contributed by atoms with E-state index in [1.54, 1.807) is 18.2 Å². The molecule has 2 aromatic rings. The van der Waals surface area contributed by atoms with Crippen LogP contribution in [0.3, 0.4) is 0 Å². The number of hydrogen-bond acceptors (Lipinski definition) is 3. The minimum Gasteiger partial charge on any atom is -0.478 e. The van der Waals surface area contributed by atoms with Crippen molar-refractivity contribution in [1.82, 2.24) is 0 Å². The Morgan fingerprint density at radius 3 is 2.71 bits per heavy atom. The number of thiophene rings is 1. The molecule has 0 bridgehead atoms.